The highest BCUT2D eigenvalue weighted by atomic mass is 35.5. The normalized spacial score (nSPS) is 15.8. The smallest absolute Gasteiger partial charge is 0.305 e. The number of carbonyl (C=O) groups excluding carboxylic acids is 1. The van der Waals surface area contributed by atoms with Crippen molar-refractivity contribution in [3.63, 3.8) is 0 Å². The fraction of sp³-hybridized carbons (Fsp3) is 0.364. The maximum absolute atomic E-state index is 13.0. The summed E-state index contributed by atoms with van der Waals surface area (Å²) in [6.07, 6.45) is 2.43. The van der Waals surface area contributed by atoms with Gasteiger partial charge in [-0.1, -0.05) is 17.7 Å². The zero-order valence-corrected chi connectivity index (χ0v) is 16.8. The van der Waals surface area contributed by atoms with E-state index in [1.54, 1.807) is 22.8 Å². The molecular formula is C22H23ClFN3O2. The van der Waals surface area contributed by atoms with Gasteiger partial charge in [0, 0.05) is 18.0 Å². The first-order valence-electron chi connectivity index (χ1n) is 9.92. The third kappa shape index (κ3) is 4.28. The summed E-state index contributed by atoms with van der Waals surface area (Å²) in [6.45, 7) is 3.15. The zero-order valence-electron chi connectivity index (χ0n) is 16.0. The Labute approximate surface area is 173 Å². The lowest BCUT2D eigenvalue weighted by Crippen LogP contribution is -2.37. The number of rotatable bonds is 6. The summed E-state index contributed by atoms with van der Waals surface area (Å²) in [7, 11) is 0. The van der Waals surface area contributed by atoms with Crippen molar-refractivity contribution < 1.29 is 9.18 Å². The van der Waals surface area contributed by atoms with Crippen molar-refractivity contribution in [1.82, 2.24) is 14.5 Å². The third-order valence-electron chi connectivity index (χ3n) is 5.69. The number of nitrogens with zero attached hydrogens (tertiary/aromatic N) is 2. The Hall–Kier alpha value is -2.44. The number of ketones is 1. The highest BCUT2D eigenvalue weighted by Crippen LogP contribution is 2.23. The molecule has 0 bridgehead atoms. The molecule has 1 aliphatic heterocycles. The summed E-state index contributed by atoms with van der Waals surface area (Å²) in [5.74, 6) is -0.233. The highest BCUT2D eigenvalue weighted by Gasteiger charge is 2.25. The molecule has 1 aliphatic rings. The van der Waals surface area contributed by atoms with E-state index in [2.05, 4.69) is 9.88 Å². The van der Waals surface area contributed by atoms with Crippen molar-refractivity contribution in [2.45, 2.75) is 25.8 Å². The predicted molar refractivity (Wildman–Crippen MR) is 112 cm³/mol. The standard InChI is InChI=1S/C22H23ClFN3O2/c23-18-3-1-4-19-20(18)27(22(29)25-19)12-2-11-26-13-9-16(10-14-26)21(28)15-5-7-17(24)8-6-15/h1,3-8,16H,2,9-14H2,(H,25,29). The number of hydrogen-bond donors (Lipinski definition) is 1. The molecule has 0 radical (unpaired) electrons. The molecule has 1 saturated heterocycles. The number of likely N-dealkylation sites (tertiary alicyclic amines) is 1. The van der Waals surface area contributed by atoms with Crippen LogP contribution in [-0.2, 0) is 6.54 Å². The molecule has 2 heterocycles. The number of piperidine rings is 1. The average Bonchev–Trinajstić information content (AvgIpc) is 3.05. The van der Waals surface area contributed by atoms with Gasteiger partial charge < -0.3 is 9.88 Å². The van der Waals surface area contributed by atoms with Gasteiger partial charge in [-0.3, -0.25) is 9.36 Å². The molecule has 152 valence electrons. The number of Topliss-reactive ketones (excluding diaryl/α,β-unsaturated/α-hetero) is 1. The number of aromatic nitrogens is 2. The number of para-hydroxylation sites is 1. The van der Waals surface area contributed by atoms with E-state index in [0.29, 0.717) is 17.1 Å². The van der Waals surface area contributed by atoms with Crippen LogP contribution in [0.25, 0.3) is 11.0 Å². The molecule has 1 aromatic heterocycles. The minimum absolute atomic E-state index is 0.00763. The van der Waals surface area contributed by atoms with Gasteiger partial charge in [-0.05, 0) is 75.3 Å². The van der Waals surface area contributed by atoms with Gasteiger partial charge in [0.2, 0.25) is 0 Å². The summed E-state index contributed by atoms with van der Waals surface area (Å²) < 4.78 is 14.7. The first-order valence-corrected chi connectivity index (χ1v) is 10.3. The largest absolute Gasteiger partial charge is 0.326 e. The molecular weight excluding hydrogens is 393 g/mol. The first kappa shape index (κ1) is 19.9. The number of hydrogen-bond acceptors (Lipinski definition) is 3. The van der Waals surface area contributed by atoms with E-state index in [1.165, 1.54) is 12.1 Å². The van der Waals surface area contributed by atoms with Gasteiger partial charge in [-0.15, -0.1) is 0 Å². The highest BCUT2D eigenvalue weighted by molar-refractivity contribution is 6.34. The molecule has 7 heteroatoms. The number of carbonyl (C=O) groups is 1. The van der Waals surface area contributed by atoms with Crippen LogP contribution in [0.3, 0.4) is 0 Å². The van der Waals surface area contributed by atoms with E-state index in [1.807, 2.05) is 12.1 Å². The second-order valence-corrected chi connectivity index (χ2v) is 7.97. The molecule has 0 atom stereocenters. The van der Waals surface area contributed by atoms with E-state index in [4.69, 9.17) is 11.6 Å². The van der Waals surface area contributed by atoms with Crippen LogP contribution in [0.15, 0.2) is 47.3 Å². The average molecular weight is 416 g/mol. The number of halogens is 2. The quantitative estimate of drug-likeness (QED) is 0.616. The lowest BCUT2D eigenvalue weighted by atomic mass is 9.89. The number of benzene rings is 2. The van der Waals surface area contributed by atoms with E-state index >= 15 is 0 Å². The summed E-state index contributed by atoms with van der Waals surface area (Å²) in [5.41, 5.74) is 1.95. The Bertz CT molecular complexity index is 1070. The Balaban J connectivity index is 1.30. The molecule has 2 aromatic carbocycles. The SMILES string of the molecule is O=C(c1ccc(F)cc1)C1CCN(CCCn2c(=O)[nH]c3cccc(Cl)c32)CC1. The van der Waals surface area contributed by atoms with Crippen LogP contribution in [-0.4, -0.2) is 39.9 Å². The van der Waals surface area contributed by atoms with Crippen LogP contribution in [0.1, 0.15) is 29.6 Å². The predicted octanol–water partition coefficient (Wildman–Crippen LogP) is 4.11. The first-order chi connectivity index (χ1) is 14.0. The second kappa shape index (κ2) is 8.51. The number of imidazole rings is 1. The van der Waals surface area contributed by atoms with Crippen molar-refractivity contribution >= 4 is 28.4 Å². The van der Waals surface area contributed by atoms with Crippen molar-refractivity contribution in [2.75, 3.05) is 19.6 Å². The van der Waals surface area contributed by atoms with Crippen LogP contribution in [0.2, 0.25) is 5.02 Å². The van der Waals surface area contributed by atoms with Gasteiger partial charge in [0.25, 0.3) is 0 Å². The zero-order chi connectivity index (χ0) is 20.4. The molecule has 0 saturated carbocycles. The van der Waals surface area contributed by atoms with E-state index < -0.39 is 0 Å². The van der Waals surface area contributed by atoms with Gasteiger partial charge >= 0.3 is 5.69 Å². The van der Waals surface area contributed by atoms with Crippen molar-refractivity contribution in [2.24, 2.45) is 5.92 Å². The summed E-state index contributed by atoms with van der Waals surface area (Å²) in [6, 6.07) is 11.3. The number of aromatic amines is 1. The van der Waals surface area contributed by atoms with E-state index in [-0.39, 0.29) is 23.2 Å². The molecule has 0 spiro atoms. The van der Waals surface area contributed by atoms with Crippen molar-refractivity contribution in [3.8, 4) is 0 Å². The molecule has 3 aromatic rings. The topological polar surface area (TPSA) is 58.1 Å². The van der Waals surface area contributed by atoms with Gasteiger partial charge in [-0.25, -0.2) is 9.18 Å². The fourth-order valence-corrected chi connectivity index (χ4v) is 4.39. The Kier molecular flexibility index (Phi) is 5.83. The minimum Gasteiger partial charge on any atom is -0.305 e. The van der Waals surface area contributed by atoms with Crippen LogP contribution in [0, 0.1) is 11.7 Å². The van der Waals surface area contributed by atoms with Crippen LogP contribution in [0.4, 0.5) is 4.39 Å². The van der Waals surface area contributed by atoms with Crippen molar-refractivity contribution in [3.05, 3.63) is 69.4 Å². The van der Waals surface area contributed by atoms with Gasteiger partial charge in [-0.2, -0.15) is 0 Å². The molecule has 0 unspecified atom stereocenters. The van der Waals surface area contributed by atoms with Crippen molar-refractivity contribution in [1.29, 1.82) is 0 Å². The molecule has 1 N–H and O–H groups in total. The number of nitrogens with one attached hydrogen (secondary N) is 1. The summed E-state index contributed by atoms with van der Waals surface area (Å²) >= 11 is 6.27. The summed E-state index contributed by atoms with van der Waals surface area (Å²) in [4.78, 5) is 30.0. The second-order valence-electron chi connectivity index (χ2n) is 7.56. The van der Waals surface area contributed by atoms with Crippen LogP contribution < -0.4 is 5.69 Å². The molecule has 5 nitrogen and oxygen atoms in total. The Morgan fingerprint density at radius 2 is 1.83 bits per heavy atom. The Morgan fingerprint density at radius 1 is 1.10 bits per heavy atom. The maximum atomic E-state index is 13.0. The lowest BCUT2D eigenvalue weighted by molar-refractivity contribution is 0.0838. The molecule has 0 amide bonds. The monoisotopic (exact) mass is 415 g/mol. The number of fused-ring (bicyclic) bond motifs is 1. The van der Waals surface area contributed by atoms with Gasteiger partial charge in [0.1, 0.15) is 5.82 Å². The van der Waals surface area contributed by atoms with E-state index in [9.17, 15) is 14.0 Å². The Morgan fingerprint density at radius 3 is 2.55 bits per heavy atom. The van der Waals surface area contributed by atoms with Crippen LogP contribution in [0.5, 0.6) is 0 Å². The lowest BCUT2D eigenvalue weighted by Gasteiger charge is -2.31. The molecule has 0 aliphatic carbocycles. The van der Waals surface area contributed by atoms with Crippen LogP contribution >= 0.6 is 11.6 Å². The maximum Gasteiger partial charge on any atom is 0.326 e. The molecule has 1 fully saturated rings. The number of H-pyrrole nitrogens is 1. The molecule has 29 heavy (non-hydrogen) atoms. The minimum atomic E-state index is -0.327. The van der Waals surface area contributed by atoms with E-state index in [0.717, 1.165) is 49.9 Å². The van der Waals surface area contributed by atoms with Gasteiger partial charge in [0.05, 0.1) is 16.1 Å². The van der Waals surface area contributed by atoms with Gasteiger partial charge in [0.15, 0.2) is 5.78 Å². The number of aryl methyl sites for hydroxylation is 1. The molecule has 4 rings (SSSR count). The fourth-order valence-electron chi connectivity index (χ4n) is 4.11. The third-order valence-corrected chi connectivity index (χ3v) is 5.99. The summed E-state index contributed by atoms with van der Waals surface area (Å²) in [5, 5.41) is 0.570.